The summed E-state index contributed by atoms with van der Waals surface area (Å²) < 4.78 is 0. The smallest absolute Gasteiger partial charge is 0.224 e. The van der Waals surface area contributed by atoms with Gasteiger partial charge in [0, 0.05) is 43.6 Å². The summed E-state index contributed by atoms with van der Waals surface area (Å²) in [5.41, 5.74) is 3.40. The number of rotatable bonds is 7. The molecule has 0 aromatic heterocycles. The summed E-state index contributed by atoms with van der Waals surface area (Å²) in [7, 11) is 0. The van der Waals surface area contributed by atoms with Gasteiger partial charge in [-0.15, -0.1) is 0 Å². The molecule has 1 aliphatic rings. The van der Waals surface area contributed by atoms with E-state index in [1.165, 1.54) is 0 Å². The van der Waals surface area contributed by atoms with E-state index in [4.69, 9.17) is 0 Å². The minimum Gasteiger partial charge on any atom is -0.338 e. The molecule has 3 rings (SSSR count). The van der Waals surface area contributed by atoms with Gasteiger partial charge in [0.2, 0.25) is 11.8 Å². The molecule has 5 heteroatoms. The minimum absolute atomic E-state index is 0.0357. The van der Waals surface area contributed by atoms with Crippen molar-refractivity contribution in [2.45, 2.75) is 39.2 Å². The largest absolute Gasteiger partial charge is 0.338 e. The molecule has 1 fully saturated rings. The molecular formula is C22H24N2O3. The molecule has 0 radical (unpaired) electrons. The zero-order valence-corrected chi connectivity index (χ0v) is 15.5. The zero-order chi connectivity index (χ0) is 19.2. The Morgan fingerprint density at radius 1 is 1.07 bits per heavy atom. The van der Waals surface area contributed by atoms with E-state index in [0.717, 1.165) is 24.1 Å². The number of ketones is 1. The van der Waals surface area contributed by atoms with Crippen molar-refractivity contribution in [2.75, 3.05) is 11.9 Å². The fourth-order valence-corrected chi connectivity index (χ4v) is 3.17. The lowest BCUT2D eigenvalue weighted by molar-refractivity contribution is -0.128. The molecule has 0 spiro atoms. The number of nitrogens with one attached hydrogen (secondary N) is 1. The molecule has 5 nitrogen and oxygen atoms in total. The van der Waals surface area contributed by atoms with Crippen molar-refractivity contribution in [1.29, 1.82) is 0 Å². The van der Waals surface area contributed by atoms with Crippen LogP contribution in [0.1, 0.15) is 47.2 Å². The predicted octanol–water partition coefficient (Wildman–Crippen LogP) is 3.72. The number of amides is 2. The second-order valence-electron chi connectivity index (χ2n) is 6.96. The van der Waals surface area contributed by atoms with Crippen molar-refractivity contribution in [3.05, 3.63) is 65.2 Å². The molecule has 0 unspecified atom stereocenters. The first kappa shape index (κ1) is 18.8. The molecule has 140 valence electrons. The Morgan fingerprint density at radius 3 is 2.56 bits per heavy atom. The fraction of sp³-hybridized carbons (Fsp3) is 0.318. The van der Waals surface area contributed by atoms with Gasteiger partial charge in [0.15, 0.2) is 5.78 Å². The third kappa shape index (κ3) is 5.26. The average Bonchev–Trinajstić information content (AvgIpc) is 3.05. The van der Waals surface area contributed by atoms with E-state index in [2.05, 4.69) is 5.32 Å². The number of likely N-dealkylation sites (tertiary alicyclic amines) is 1. The van der Waals surface area contributed by atoms with Gasteiger partial charge in [-0.05, 0) is 31.0 Å². The Balaban J connectivity index is 1.51. The van der Waals surface area contributed by atoms with E-state index in [1.807, 2.05) is 48.2 Å². The maximum Gasteiger partial charge on any atom is 0.224 e. The maximum absolute atomic E-state index is 12.2. The van der Waals surface area contributed by atoms with Crippen molar-refractivity contribution in [3.8, 4) is 0 Å². The van der Waals surface area contributed by atoms with Gasteiger partial charge in [0.05, 0.1) is 0 Å². The van der Waals surface area contributed by atoms with Crippen LogP contribution >= 0.6 is 0 Å². The molecule has 0 saturated carbocycles. The highest BCUT2D eigenvalue weighted by molar-refractivity contribution is 6.00. The van der Waals surface area contributed by atoms with E-state index in [0.29, 0.717) is 24.2 Å². The monoisotopic (exact) mass is 364 g/mol. The van der Waals surface area contributed by atoms with E-state index in [1.54, 1.807) is 12.1 Å². The summed E-state index contributed by atoms with van der Waals surface area (Å²) in [6.45, 7) is 3.32. The highest BCUT2D eigenvalue weighted by atomic mass is 16.2. The Morgan fingerprint density at radius 2 is 1.85 bits per heavy atom. The lowest BCUT2D eigenvalue weighted by Gasteiger charge is -2.16. The Bertz CT molecular complexity index is 843. The number of Topliss-reactive ketones (excluding diaryl/α,β-unsaturated/α-hetero) is 1. The molecule has 2 aromatic rings. The van der Waals surface area contributed by atoms with E-state index < -0.39 is 0 Å². The van der Waals surface area contributed by atoms with Crippen LogP contribution < -0.4 is 5.32 Å². The van der Waals surface area contributed by atoms with Crippen LogP contribution in [0.4, 0.5) is 5.69 Å². The average molecular weight is 364 g/mol. The standard InChI is InChI=1S/C22H24N2O3/c1-16-7-9-18(10-8-16)20(25)11-12-21(26)23-19-5-2-4-17(14-19)15-24-13-3-6-22(24)27/h2,4-5,7-10,14H,3,6,11-13,15H2,1H3,(H,23,26). The van der Waals surface area contributed by atoms with Crippen LogP contribution in [-0.2, 0) is 16.1 Å². The lowest BCUT2D eigenvalue weighted by atomic mass is 10.0. The number of hydrogen-bond acceptors (Lipinski definition) is 3. The van der Waals surface area contributed by atoms with Crippen molar-refractivity contribution in [3.63, 3.8) is 0 Å². The Hall–Kier alpha value is -2.95. The number of aryl methyl sites for hydroxylation is 1. The molecule has 0 bridgehead atoms. The molecule has 2 aromatic carbocycles. The first-order valence-corrected chi connectivity index (χ1v) is 9.28. The summed E-state index contributed by atoms with van der Waals surface area (Å²) in [4.78, 5) is 37.9. The molecule has 0 atom stereocenters. The number of carbonyl (C=O) groups is 3. The number of anilines is 1. The van der Waals surface area contributed by atoms with Gasteiger partial charge in [0.25, 0.3) is 0 Å². The second kappa shape index (κ2) is 8.62. The van der Waals surface area contributed by atoms with Gasteiger partial charge >= 0.3 is 0 Å². The maximum atomic E-state index is 12.2. The number of carbonyl (C=O) groups excluding carboxylic acids is 3. The van der Waals surface area contributed by atoms with Crippen molar-refractivity contribution >= 4 is 23.3 Å². The van der Waals surface area contributed by atoms with Gasteiger partial charge in [-0.1, -0.05) is 42.0 Å². The summed E-state index contributed by atoms with van der Waals surface area (Å²) in [5.74, 6) is -0.0460. The minimum atomic E-state index is -0.190. The third-order valence-electron chi connectivity index (χ3n) is 4.71. The van der Waals surface area contributed by atoms with Crippen LogP contribution in [0.25, 0.3) is 0 Å². The van der Waals surface area contributed by atoms with Crippen molar-refractivity contribution < 1.29 is 14.4 Å². The highest BCUT2D eigenvalue weighted by Gasteiger charge is 2.20. The Kier molecular flexibility index (Phi) is 6.01. The van der Waals surface area contributed by atoms with Gasteiger partial charge in [-0.3, -0.25) is 14.4 Å². The van der Waals surface area contributed by atoms with Crippen LogP contribution in [0, 0.1) is 6.92 Å². The molecule has 1 heterocycles. The van der Waals surface area contributed by atoms with Crippen LogP contribution in [0.2, 0.25) is 0 Å². The quantitative estimate of drug-likeness (QED) is 0.762. The number of benzene rings is 2. The van der Waals surface area contributed by atoms with Gasteiger partial charge in [-0.2, -0.15) is 0 Å². The topological polar surface area (TPSA) is 66.5 Å². The summed E-state index contributed by atoms with van der Waals surface area (Å²) in [5, 5.41) is 2.84. The molecule has 1 saturated heterocycles. The highest BCUT2D eigenvalue weighted by Crippen LogP contribution is 2.17. The summed E-state index contributed by atoms with van der Waals surface area (Å²) in [6.07, 6.45) is 1.84. The van der Waals surface area contributed by atoms with E-state index in [9.17, 15) is 14.4 Å². The zero-order valence-electron chi connectivity index (χ0n) is 15.5. The second-order valence-corrected chi connectivity index (χ2v) is 6.96. The number of nitrogens with zero attached hydrogens (tertiary/aromatic N) is 1. The molecule has 2 amide bonds. The molecule has 1 aliphatic heterocycles. The fourth-order valence-electron chi connectivity index (χ4n) is 3.17. The molecule has 27 heavy (non-hydrogen) atoms. The van der Waals surface area contributed by atoms with E-state index >= 15 is 0 Å². The van der Waals surface area contributed by atoms with Crippen LogP contribution in [0.15, 0.2) is 48.5 Å². The summed E-state index contributed by atoms with van der Waals surface area (Å²) >= 11 is 0. The first-order chi connectivity index (χ1) is 13.0. The van der Waals surface area contributed by atoms with Crippen LogP contribution in [0.3, 0.4) is 0 Å². The summed E-state index contributed by atoms with van der Waals surface area (Å²) in [6, 6.07) is 14.9. The van der Waals surface area contributed by atoms with Crippen LogP contribution in [-0.4, -0.2) is 29.0 Å². The normalized spacial score (nSPS) is 13.7. The SMILES string of the molecule is Cc1ccc(C(=O)CCC(=O)Nc2cccc(CN3CCCC3=O)c2)cc1. The van der Waals surface area contributed by atoms with Gasteiger partial charge in [-0.25, -0.2) is 0 Å². The van der Waals surface area contributed by atoms with Crippen molar-refractivity contribution in [1.82, 2.24) is 4.90 Å². The first-order valence-electron chi connectivity index (χ1n) is 9.28. The molecular weight excluding hydrogens is 340 g/mol. The predicted molar refractivity (Wildman–Crippen MR) is 104 cm³/mol. The Labute approximate surface area is 159 Å². The molecule has 1 N–H and O–H groups in total. The number of hydrogen-bond donors (Lipinski definition) is 1. The van der Waals surface area contributed by atoms with Crippen molar-refractivity contribution in [2.24, 2.45) is 0 Å². The van der Waals surface area contributed by atoms with Crippen LogP contribution in [0.5, 0.6) is 0 Å². The third-order valence-corrected chi connectivity index (χ3v) is 4.71. The molecule has 0 aliphatic carbocycles. The van der Waals surface area contributed by atoms with Gasteiger partial charge < -0.3 is 10.2 Å². The van der Waals surface area contributed by atoms with E-state index in [-0.39, 0.29) is 30.4 Å². The van der Waals surface area contributed by atoms with Gasteiger partial charge in [0.1, 0.15) is 0 Å². The lowest BCUT2D eigenvalue weighted by Crippen LogP contribution is -2.23.